The van der Waals surface area contributed by atoms with Gasteiger partial charge in [0.05, 0.1) is 17.9 Å². The molecule has 2 N–H and O–H groups in total. The molecule has 0 radical (unpaired) electrons. The molecule has 1 aromatic carbocycles. The molecular weight excluding hydrogens is 240 g/mol. The monoisotopic (exact) mass is 260 g/mol. The molecule has 1 heterocycles. The van der Waals surface area contributed by atoms with Crippen molar-refractivity contribution in [2.24, 2.45) is 0 Å². The first-order valence-corrected chi connectivity index (χ1v) is 6.37. The topological polar surface area (TPSA) is 58.0 Å². The van der Waals surface area contributed by atoms with Crippen molar-refractivity contribution in [1.29, 1.82) is 0 Å². The van der Waals surface area contributed by atoms with Crippen LogP contribution in [0.5, 0.6) is 0 Å². The first-order chi connectivity index (χ1) is 8.84. The lowest BCUT2D eigenvalue weighted by atomic mass is 9.90. The molecule has 0 aliphatic rings. The Morgan fingerprint density at radius 1 is 1.21 bits per heavy atom. The summed E-state index contributed by atoms with van der Waals surface area (Å²) in [6.07, 6.45) is 0. The fourth-order valence-corrected chi connectivity index (χ4v) is 2.11. The third kappa shape index (κ3) is 2.49. The van der Waals surface area contributed by atoms with Crippen LogP contribution < -0.4 is 5.56 Å². The first-order valence-electron chi connectivity index (χ1n) is 6.37. The molecule has 1 aromatic heterocycles. The maximum Gasteiger partial charge on any atom is 0.277 e. The fourth-order valence-electron chi connectivity index (χ4n) is 2.11. The predicted octanol–water partition coefficient (Wildman–Crippen LogP) is 2.26. The third-order valence-corrected chi connectivity index (χ3v) is 3.19. The van der Waals surface area contributed by atoms with Crippen LogP contribution in [0.1, 0.15) is 37.6 Å². The Labute approximate surface area is 112 Å². The molecule has 0 spiro atoms. The average Bonchev–Trinajstić information content (AvgIpc) is 2.67. The summed E-state index contributed by atoms with van der Waals surface area (Å²) in [5.74, 6) is 0. The first kappa shape index (κ1) is 13.6. The van der Waals surface area contributed by atoms with E-state index in [1.807, 2.05) is 52.0 Å². The molecule has 0 aliphatic carbocycles. The van der Waals surface area contributed by atoms with Crippen molar-refractivity contribution in [3.8, 4) is 5.69 Å². The van der Waals surface area contributed by atoms with Crippen LogP contribution in [0.15, 0.2) is 29.1 Å². The maximum atomic E-state index is 12.3. The van der Waals surface area contributed by atoms with Crippen LogP contribution in [0, 0.1) is 6.92 Å². The smallest absolute Gasteiger partial charge is 0.277 e. The van der Waals surface area contributed by atoms with Gasteiger partial charge in [0.1, 0.15) is 0 Å². The van der Waals surface area contributed by atoms with Gasteiger partial charge in [-0.25, -0.2) is 4.68 Å². The second kappa shape index (κ2) is 4.70. The van der Waals surface area contributed by atoms with Crippen molar-refractivity contribution in [2.45, 2.75) is 39.7 Å². The van der Waals surface area contributed by atoms with Gasteiger partial charge in [0.15, 0.2) is 0 Å². The van der Waals surface area contributed by atoms with Crippen LogP contribution in [0.4, 0.5) is 0 Å². The van der Waals surface area contributed by atoms with Gasteiger partial charge >= 0.3 is 0 Å². The Bertz CT molecular complexity index is 628. The van der Waals surface area contributed by atoms with E-state index in [4.69, 9.17) is 0 Å². The number of nitrogens with one attached hydrogen (secondary N) is 1. The van der Waals surface area contributed by atoms with Gasteiger partial charge in [-0.05, 0) is 19.1 Å². The minimum Gasteiger partial charge on any atom is -0.391 e. The number of H-pyrrole nitrogens is 1. The quantitative estimate of drug-likeness (QED) is 0.870. The molecule has 0 unspecified atom stereocenters. The highest BCUT2D eigenvalue weighted by Crippen LogP contribution is 2.23. The zero-order valence-corrected chi connectivity index (χ0v) is 11.8. The Kier molecular flexibility index (Phi) is 3.37. The number of hydrogen-bond acceptors (Lipinski definition) is 2. The molecule has 0 saturated carbocycles. The van der Waals surface area contributed by atoms with Crippen molar-refractivity contribution in [3.05, 3.63) is 51.4 Å². The van der Waals surface area contributed by atoms with Gasteiger partial charge in [0.25, 0.3) is 5.56 Å². The minimum absolute atomic E-state index is 0.184. The van der Waals surface area contributed by atoms with E-state index in [9.17, 15) is 9.90 Å². The lowest BCUT2D eigenvalue weighted by Crippen LogP contribution is -2.18. The van der Waals surface area contributed by atoms with Crippen molar-refractivity contribution in [2.75, 3.05) is 0 Å². The van der Waals surface area contributed by atoms with Crippen LogP contribution >= 0.6 is 0 Å². The SMILES string of the molecule is Cc1ccc(-n2[nH]c(C(C)(C)C)c(CO)c2=O)cc1. The predicted molar refractivity (Wildman–Crippen MR) is 75.7 cm³/mol. The third-order valence-electron chi connectivity index (χ3n) is 3.19. The lowest BCUT2D eigenvalue weighted by Gasteiger charge is -2.17. The van der Waals surface area contributed by atoms with Gasteiger partial charge < -0.3 is 5.11 Å². The molecule has 19 heavy (non-hydrogen) atoms. The molecule has 102 valence electrons. The van der Waals surface area contributed by atoms with Crippen LogP contribution in [-0.2, 0) is 12.0 Å². The molecule has 2 rings (SSSR count). The number of hydrogen-bond donors (Lipinski definition) is 2. The van der Waals surface area contributed by atoms with Gasteiger partial charge in [-0.3, -0.25) is 9.89 Å². The summed E-state index contributed by atoms with van der Waals surface area (Å²) in [4.78, 5) is 12.3. The van der Waals surface area contributed by atoms with Crippen molar-refractivity contribution >= 4 is 0 Å². The lowest BCUT2D eigenvalue weighted by molar-refractivity contribution is 0.277. The summed E-state index contributed by atoms with van der Waals surface area (Å²) in [5.41, 5.74) is 2.74. The van der Waals surface area contributed by atoms with E-state index in [0.29, 0.717) is 5.56 Å². The second-order valence-electron chi connectivity index (χ2n) is 5.85. The second-order valence-corrected chi connectivity index (χ2v) is 5.85. The summed E-state index contributed by atoms with van der Waals surface area (Å²) in [7, 11) is 0. The van der Waals surface area contributed by atoms with Crippen molar-refractivity contribution in [3.63, 3.8) is 0 Å². The zero-order chi connectivity index (χ0) is 14.2. The summed E-state index contributed by atoms with van der Waals surface area (Å²) >= 11 is 0. The summed E-state index contributed by atoms with van der Waals surface area (Å²) < 4.78 is 1.49. The number of aryl methyl sites for hydroxylation is 1. The molecule has 0 bridgehead atoms. The van der Waals surface area contributed by atoms with Gasteiger partial charge in [-0.1, -0.05) is 38.5 Å². The van der Waals surface area contributed by atoms with E-state index in [1.54, 1.807) is 0 Å². The molecular formula is C15H20N2O2. The molecule has 0 aliphatic heterocycles. The largest absolute Gasteiger partial charge is 0.391 e. The van der Waals surface area contributed by atoms with Crippen LogP contribution in [-0.4, -0.2) is 14.9 Å². The number of aliphatic hydroxyl groups excluding tert-OH is 1. The standard InChI is InChI=1S/C15H20N2O2/c1-10-5-7-11(8-6-10)17-14(19)12(9-18)13(16-17)15(2,3)4/h5-8,16,18H,9H2,1-4H3. The molecule has 0 saturated heterocycles. The molecule has 0 atom stereocenters. The Morgan fingerprint density at radius 2 is 1.79 bits per heavy atom. The van der Waals surface area contributed by atoms with E-state index in [0.717, 1.165) is 16.9 Å². The Morgan fingerprint density at radius 3 is 2.21 bits per heavy atom. The highest BCUT2D eigenvalue weighted by Gasteiger charge is 2.24. The van der Waals surface area contributed by atoms with Crippen LogP contribution in [0.25, 0.3) is 5.69 Å². The van der Waals surface area contributed by atoms with E-state index in [2.05, 4.69) is 5.10 Å². The number of rotatable bonds is 2. The van der Waals surface area contributed by atoms with Gasteiger partial charge in [-0.15, -0.1) is 0 Å². The van der Waals surface area contributed by atoms with E-state index in [1.165, 1.54) is 4.68 Å². The number of aliphatic hydroxyl groups is 1. The van der Waals surface area contributed by atoms with Crippen LogP contribution in [0.3, 0.4) is 0 Å². The highest BCUT2D eigenvalue weighted by molar-refractivity contribution is 5.36. The Balaban J connectivity index is 2.63. The fraction of sp³-hybridized carbons (Fsp3) is 0.400. The molecule has 2 aromatic rings. The van der Waals surface area contributed by atoms with E-state index < -0.39 is 0 Å². The van der Waals surface area contributed by atoms with Gasteiger partial charge in [0.2, 0.25) is 0 Å². The summed E-state index contributed by atoms with van der Waals surface area (Å²) in [6.45, 7) is 7.78. The molecule has 4 nitrogen and oxygen atoms in total. The summed E-state index contributed by atoms with van der Waals surface area (Å²) in [6, 6.07) is 7.69. The number of benzene rings is 1. The molecule has 4 heteroatoms. The van der Waals surface area contributed by atoms with Gasteiger partial charge in [-0.2, -0.15) is 0 Å². The molecule has 0 fully saturated rings. The Hall–Kier alpha value is -1.81. The van der Waals surface area contributed by atoms with Crippen molar-refractivity contribution in [1.82, 2.24) is 9.78 Å². The number of aromatic amines is 1. The summed E-state index contributed by atoms with van der Waals surface area (Å²) in [5, 5.41) is 12.6. The average molecular weight is 260 g/mol. The van der Waals surface area contributed by atoms with Gasteiger partial charge in [0, 0.05) is 11.1 Å². The van der Waals surface area contributed by atoms with Crippen molar-refractivity contribution < 1.29 is 5.11 Å². The maximum absolute atomic E-state index is 12.3. The van der Waals surface area contributed by atoms with E-state index in [-0.39, 0.29) is 17.6 Å². The number of nitrogens with zero attached hydrogens (tertiary/aromatic N) is 1. The highest BCUT2D eigenvalue weighted by atomic mass is 16.3. The zero-order valence-electron chi connectivity index (χ0n) is 11.8. The minimum atomic E-state index is -0.249. The normalized spacial score (nSPS) is 11.8. The number of aromatic nitrogens is 2. The molecule has 0 amide bonds. The van der Waals surface area contributed by atoms with Crippen LogP contribution in [0.2, 0.25) is 0 Å². The van der Waals surface area contributed by atoms with E-state index >= 15 is 0 Å².